The molecule has 2 atom stereocenters. The Labute approximate surface area is 121 Å². The first-order chi connectivity index (χ1) is 9.66. The molecule has 0 saturated heterocycles. The van der Waals surface area contributed by atoms with Crippen LogP contribution in [0.2, 0.25) is 0 Å². The summed E-state index contributed by atoms with van der Waals surface area (Å²) in [5.74, 6) is 0. The number of hydrogen-bond donors (Lipinski definition) is 2. The van der Waals surface area contributed by atoms with Crippen molar-refractivity contribution in [3.8, 4) is 0 Å². The second kappa shape index (κ2) is 7.22. The molecule has 0 saturated carbocycles. The van der Waals surface area contributed by atoms with Crippen molar-refractivity contribution in [2.45, 2.75) is 38.5 Å². The van der Waals surface area contributed by atoms with E-state index in [4.69, 9.17) is 0 Å². The highest BCUT2D eigenvalue weighted by atomic mass is 16.3. The molecule has 2 rings (SSSR count). The average Bonchev–Trinajstić information content (AvgIpc) is 2.47. The van der Waals surface area contributed by atoms with Gasteiger partial charge in [0.1, 0.15) is 0 Å². The number of aliphatic hydroxyl groups is 1. The van der Waals surface area contributed by atoms with Gasteiger partial charge in [-0.2, -0.15) is 0 Å². The van der Waals surface area contributed by atoms with E-state index in [2.05, 4.69) is 31.3 Å². The predicted octanol–water partition coefficient (Wildman–Crippen LogP) is 3.33. The van der Waals surface area contributed by atoms with Crippen molar-refractivity contribution in [2.75, 3.05) is 0 Å². The van der Waals surface area contributed by atoms with Crippen LogP contribution in [-0.4, -0.2) is 17.2 Å². The summed E-state index contributed by atoms with van der Waals surface area (Å²) >= 11 is 0. The Balaban J connectivity index is 2.15. The monoisotopic (exact) mass is 269 g/mol. The Bertz CT molecular complexity index is 495. The van der Waals surface area contributed by atoms with E-state index in [-0.39, 0.29) is 6.04 Å². The van der Waals surface area contributed by atoms with E-state index in [9.17, 15) is 5.11 Å². The van der Waals surface area contributed by atoms with Crippen molar-refractivity contribution in [2.24, 2.45) is 0 Å². The van der Waals surface area contributed by atoms with E-state index >= 15 is 0 Å². The maximum Gasteiger partial charge on any atom is 0.0946 e. The molecule has 0 aliphatic rings. The van der Waals surface area contributed by atoms with Crippen LogP contribution in [0.4, 0.5) is 0 Å². The topological polar surface area (TPSA) is 32.3 Å². The molecule has 0 aliphatic carbocycles. The van der Waals surface area contributed by atoms with E-state index < -0.39 is 6.10 Å². The third-order valence-corrected chi connectivity index (χ3v) is 3.37. The van der Waals surface area contributed by atoms with Crippen molar-refractivity contribution in [1.82, 2.24) is 5.32 Å². The van der Waals surface area contributed by atoms with Gasteiger partial charge in [-0.1, -0.05) is 74.5 Å². The minimum atomic E-state index is -0.501. The lowest BCUT2D eigenvalue weighted by Crippen LogP contribution is -2.41. The van der Waals surface area contributed by atoms with E-state index in [1.165, 1.54) is 5.56 Å². The Morgan fingerprint density at radius 2 is 1.45 bits per heavy atom. The second-order valence-corrected chi connectivity index (χ2v) is 5.47. The summed E-state index contributed by atoms with van der Waals surface area (Å²) in [6.45, 7) is 4.21. The summed E-state index contributed by atoms with van der Waals surface area (Å²) in [4.78, 5) is 0. The lowest BCUT2D eigenvalue weighted by atomic mass is 9.95. The van der Waals surface area contributed by atoms with Crippen LogP contribution in [0, 0.1) is 0 Å². The standard InChI is InChI=1S/C18H23NO/c1-14(2)19-17(13-15-9-5-3-6-10-15)18(20)16-11-7-4-8-12-16/h3-12,14,17-20H,13H2,1-2H3/t17-,18+/m0/s1. The Kier molecular flexibility index (Phi) is 5.33. The van der Waals surface area contributed by atoms with Crippen LogP contribution in [0.15, 0.2) is 60.7 Å². The minimum Gasteiger partial charge on any atom is -0.387 e. The highest BCUT2D eigenvalue weighted by Gasteiger charge is 2.21. The maximum absolute atomic E-state index is 10.6. The molecule has 0 aliphatic heterocycles. The number of nitrogens with one attached hydrogen (secondary N) is 1. The van der Waals surface area contributed by atoms with Crippen molar-refractivity contribution in [1.29, 1.82) is 0 Å². The maximum atomic E-state index is 10.6. The van der Waals surface area contributed by atoms with Crippen LogP contribution in [0.25, 0.3) is 0 Å². The summed E-state index contributed by atoms with van der Waals surface area (Å²) in [6, 6.07) is 20.5. The van der Waals surface area contributed by atoms with Gasteiger partial charge in [0, 0.05) is 12.1 Å². The molecule has 0 spiro atoms. The SMILES string of the molecule is CC(C)N[C@@H](Cc1ccccc1)[C@H](O)c1ccccc1. The molecule has 2 aromatic carbocycles. The van der Waals surface area contributed by atoms with Gasteiger partial charge in [-0.05, 0) is 17.5 Å². The lowest BCUT2D eigenvalue weighted by Gasteiger charge is -2.27. The zero-order valence-electron chi connectivity index (χ0n) is 12.2. The second-order valence-electron chi connectivity index (χ2n) is 5.47. The van der Waals surface area contributed by atoms with Crippen LogP contribution in [-0.2, 0) is 6.42 Å². The largest absolute Gasteiger partial charge is 0.387 e. The number of benzene rings is 2. The van der Waals surface area contributed by atoms with Crippen molar-refractivity contribution >= 4 is 0 Å². The number of hydrogen-bond acceptors (Lipinski definition) is 2. The van der Waals surface area contributed by atoms with Gasteiger partial charge >= 0.3 is 0 Å². The summed E-state index contributed by atoms with van der Waals surface area (Å²) in [5.41, 5.74) is 2.20. The molecular formula is C18H23NO. The smallest absolute Gasteiger partial charge is 0.0946 e. The number of aliphatic hydroxyl groups excluding tert-OH is 1. The fourth-order valence-electron chi connectivity index (χ4n) is 2.44. The van der Waals surface area contributed by atoms with Crippen molar-refractivity contribution in [3.63, 3.8) is 0 Å². The normalized spacial score (nSPS) is 14.2. The fraction of sp³-hybridized carbons (Fsp3) is 0.333. The molecule has 0 heterocycles. The zero-order chi connectivity index (χ0) is 14.4. The zero-order valence-corrected chi connectivity index (χ0v) is 12.2. The van der Waals surface area contributed by atoms with Crippen LogP contribution in [0.5, 0.6) is 0 Å². The Morgan fingerprint density at radius 3 is 2.00 bits per heavy atom. The van der Waals surface area contributed by atoms with Gasteiger partial charge < -0.3 is 10.4 Å². The summed E-state index contributed by atoms with van der Waals surface area (Å²) in [7, 11) is 0. The first-order valence-corrected chi connectivity index (χ1v) is 7.20. The molecule has 0 radical (unpaired) electrons. The van der Waals surface area contributed by atoms with Crippen molar-refractivity contribution < 1.29 is 5.11 Å². The molecular weight excluding hydrogens is 246 g/mol. The number of rotatable bonds is 6. The predicted molar refractivity (Wildman–Crippen MR) is 83.6 cm³/mol. The van der Waals surface area contributed by atoms with Crippen LogP contribution in [0.1, 0.15) is 31.1 Å². The molecule has 2 aromatic rings. The molecule has 0 fully saturated rings. The van der Waals surface area contributed by atoms with Gasteiger partial charge in [-0.3, -0.25) is 0 Å². The van der Waals surface area contributed by atoms with Crippen LogP contribution >= 0.6 is 0 Å². The molecule has 106 valence electrons. The molecule has 2 N–H and O–H groups in total. The third-order valence-electron chi connectivity index (χ3n) is 3.37. The molecule has 0 unspecified atom stereocenters. The van der Waals surface area contributed by atoms with Gasteiger partial charge in [0.2, 0.25) is 0 Å². The minimum absolute atomic E-state index is 0.0137. The molecule has 2 nitrogen and oxygen atoms in total. The third kappa shape index (κ3) is 4.19. The first kappa shape index (κ1) is 14.8. The first-order valence-electron chi connectivity index (χ1n) is 7.20. The van der Waals surface area contributed by atoms with Gasteiger partial charge in [0.25, 0.3) is 0 Å². The highest BCUT2D eigenvalue weighted by molar-refractivity contribution is 5.22. The lowest BCUT2D eigenvalue weighted by molar-refractivity contribution is 0.123. The molecule has 0 amide bonds. The van der Waals surface area contributed by atoms with Crippen LogP contribution in [0.3, 0.4) is 0 Å². The van der Waals surface area contributed by atoms with E-state index in [0.29, 0.717) is 6.04 Å². The van der Waals surface area contributed by atoms with Gasteiger partial charge in [0.05, 0.1) is 6.10 Å². The summed E-state index contributed by atoms with van der Waals surface area (Å²) in [5, 5.41) is 14.1. The molecule has 2 heteroatoms. The Morgan fingerprint density at radius 1 is 0.900 bits per heavy atom. The van der Waals surface area contributed by atoms with Gasteiger partial charge in [0.15, 0.2) is 0 Å². The summed E-state index contributed by atoms with van der Waals surface area (Å²) < 4.78 is 0. The molecule has 20 heavy (non-hydrogen) atoms. The highest BCUT2D eigenvalue weighted by Crippen LogP contribution is 2.20. The fourth-order valence-corrected chi connectivity index (χ4v) is 2.44. The molecule has 0 bridgehead atoms. The van der Waals surface area contributed by atoms with Gasteiger partial charge in [-0.15, -0.1) is 0 Å². The van der Waals surface area contributed by atoms with E-state index in [1.54, 1.807) is 0 Å². The quantitative estimate of drug-likeness (QED) is 0.843. The average molecular weight is 269 g/mol. The molecule has 0 aromatic heterocycles. The van der Waals surface area contributed by atoms with E-state index in [1.807, 2.05) is 48.5 Å². The van der Waals surface area contributed by atoms with Crippen molar-refractivity contribution in [3.05, 3.63) is 71.8 Å². The Hall–Kier alpha value is -1.64. The van der Waals surface area contributed by atoms with Gasteiger partial charge in [-0.25, -0.2) is 0 Å². The summed E-state index contributed by atoms with van der Waals surface area (Å²) in [6.07, 6.45) is 0.313. The van der Waals surface area contributed by atoms with E-state index in [0.717, 1.165) is 12.0 Å². The van der Waals surface area contributed by atoms with Crippen LogP contribution < -0.4 is 5.32 Å².